The summed E-state index contributed by atoms with van der Waals surface area (Å²) in [7, 11) is 3.29. The third-order valence-electron chi connectivity index (χ3n) is 4.70. The first-order valence-corrected chi connectivity index (χ1v) is 10.2. The van der Waals surface area contributed by atoms with Crippen LogP contribution in [0.1, 0.15) is 28.1 Å². The van der Waals surface area contributed by atoms with E-state index in [-0.39, 0.29) is 11.2 Å². The first-order valence-electron chi connectivity index (χ1n) is 9.31. The second-order valence-electron chi connectivity index (χ2n) is 6.76. The van der Waals surface area contributed by atoms with Crippen molar-refractivity contribution in [2.45, 2.75) is 17.3 Å². The molecule has 2 aromatic carbocycles. The van der Waals surface area contributed by atoms with Crippen molar-refractivity contribution in [3.63, 3.8) is 0 Å². The number of hydrogen-bond acceptors (Lipinski definition) is 7. The van der Waals surface area contributed by atoms with E-state index in [4.69, 9.17) is 9.26 Å². The Morgan fingerprint density at radius 3 is 2.63 bits per heavy atom. The summed E-state index contributed by atoms with van der Waals surface area (Å²) >= 11 is 1.65. The summed E-state index contributed by atoms with van der Waals surface area (Å²) < 4.78 is 12.2. The number of hydrogen-bond donors (Lipinski definition) is 0. The Morgan fingerprint density at radius 2 is 1.93 bits per heavy atom. The molecular formula is C22H20N4O3S. The molecule has 0 aliphatic carbocycles. The van der Waals surface area contributed by atoms with Crippen molar-refractivity contribution < 1.29 is 14.1 Å². The molecular weight excluding hydrogens is 400 g/mol. The molecule has 0 N–H and O–H groups in total. The van der Waals surface area contributed by atoms with Crippen molar-refractivity contribution in [3.8, 4) is 22.6 Å². The van der Waals surface area contributed by atoms with Gasteiger partial charge in [0, 0.05) is 29.5 Å². The number of thioether (sulfide) groups is 1. The third kappa shape index (κ3) is 4.13. The van der Waals surface area contributed by atoms with Crippen molar-refractivity contribution >= 4 is 17.7 Å². The van der Waals surface area contributed by atoms with E-state index < -0.39 is 0 Å². The lowest BCUT2D eigenvalue weighted by molar-refractivity contribution is 0.0601. The smallest absolute Gasteiger partial charge is 0.337 e. The molecule has 2 aromatic heterocycles. The Morgan fingerprint density at radius 1 is 1.13 bits per heavy atom. The fourth-order valence-corrected chi connectivity index (χ4v) is 3.90. The van der Waals surface area contributed by atoms with Gasteiger partial charge < -0.3 is 13.8 Å². The second kappa shape index (κ2) is 8.54. The summed E-state index contributed by atoms with van der Waals surface area (Å²) in [6.45, 7) is 2.13. The molecule has 30 heavy (non-hydrogen) atoms. The maximum Gasteiger partial charge on any atom is 0.337 e. The number of rotatable bonds is 6. The molecule has 0 radical (unpaired) electrons. The number of methoxy groups -OCH3 is 1. The van der Waals surface area contributed by atoms with Gasteiger partial charge in [0.05, 0.1) is 12.7 Å². The molecule has 0 spiro atoms. The highest BCUT2D eigenvalue weighted by Gasteiger charge is 2.14. The van der Waals surface area contributed by atoms with Gasteiger partial charge in [-0.15, -0.1) is 10.2 Å². The molecule has 0 aliphatic heterocycles. The van der Waals surface area contributed by atoms with E-state index in [2.05, 4.69) is 34.4 Å². The number of nitrogens with zero attached hydrogens (tertiary/aromatic N) is 4. The molecule has 0 aliphatic rings. The van der Waals surface area contributed by atoms with Crippen molar-refractivity contribution in [2.75, 3.05) is 7.11 Å². The SMILES string of the molecule is COC(=O)c1ccc(-c2cc(-c3cccc([C@H](C)Sc4nncn4C)c3)on2)cc1. The molecule has 0 saturated heterocycles. The fraction of sp³-hybridized carbons (Fsp3) is 0.182. The van der Waals surface area contributed by atoms with Gasteiger partial charge in [0.15, 0.2) is 10.9 Å². The van der Waals surface area contributed by atoms with Crippen molar-refractivity contribution in [3.05, 3.63) is 72.1 Å². The van der Waals surface area contributed by atoms with Gasteiger partial charge in [-0.25, -0.2) is 4.79 Å². The number of benzene rings is 2. The molecule has 1 atom stereocenters. The highest BCUT2D eigenvalue weighted by atomic mass is 32.2. The van der Waals surface area contributed by atoms with E-state index in [9.17, 15) is 4.79 Å². The van der Waals surface area contributed by atoms with E-state index in [0.29, 0.717) is 17.0 Å². The van der Waals surface area contributed by atoms with Gasteiger partial charge in [-0.05, 0) is 30.7 Å². The highest BCUT2D eigenvalue weighted by Crippen LogP contribution is 2.35. The Kier molecular flexibility index (Phi) is 5.67. The molecule has 7 nitrogen and oxygen atoms in total. The minimum absolute atomic E-state index is 0.195. The first kappa shape index (κ1) is 19.9. The van der Waals surface area contributed by atoms with Crippen LogP contribution in [0.2, 0.25) is 0 Å². The fourth-order valence-electron chi connectivity index (χ4n) is 2.99. The molecule has 4 aromatic rings. The van der Waals surface area contributed by atoms with Crippen molar-refractivity contribution in [1.29, 1.82) is 0 Å². The molecule has 152 valence electrons. The van der Waals surface area contributed by atoms with Crippen molar-refractivity contribution in [1.82, 2.24) is 19.9 Å². The van der Waals surface area contributed by atoms with Crippen LogP contribution in [0, 0.1) is 0 Å². The summed E-state index contributed by atoms with van der Waals surface area (Å²) in [6.07, 6.45) is 1.69. The summed E-state index contributed by atoms with van der Waals surface area (Å²) in [5, 5.41) is 13.3. The van der Waals surface area contributed by atoms with Crippen LogP contribution in [0.5, 0.6) is 0 Å². The Hall–Kier alpha value is -3.39. The lowest BCUT2D eigenvalue weighted by Gasteiger charge is -2.11. The van der Waals surface area contributed by atoms with E-state index >= 15 is 0 Å². The van der Waals surface area contributed by atoms with E-state index in [0.717, 1.165) is 21.8 Å². The number of carbonyl (C=O) groups is 1. The minimum atomic E-state index is -0.368. The average molecular weight is 420 g/mol. The number of esters is 1. The summed E-state index contributed by atoms with van der Waals surface area (Å²) in [6, 6.07) is 17.1. The number of aromatic nitrogens is 4. The monoisotopic (exact) mass is 420 g/mol. The van der Waals surface area contributed by atoms with Gasteiger partial charge in [0.1, 0.15) is 12.0 Å². The van der Waals surface area contributed by atoms with Gasteiger partial charge in [0.2, 0.25) is 0 Å². The van der Waals surface area contributed by atoms with Gasteiger partial charge in [-0.3, -0.25) is 0 Å². The predicted molar refractivity (Wildman–Crippen MR) is 114 cm³/mol. The van der Waals surface area contributed by atoms with Crippen LogP contribution < -0.4 is 0 Å². The Bertz CT molecular complexity index is 1170. The van der Waals surface area contributed by atoms with E-state index in [1.807, 2.05) is 41.9 Å². The number of ether oxygens (including phenoxy) is 1. The van der Waals surface area contributed by atoms with Gasteiger partial charge >= 0.3 is 5.97 Å². The van der Waals surface area contributed by atoms with E-state index in [1.165, 1.54) is 7.11 Å². The largest absolute Gasteiger partial charge is 0.465 e. The summed E-state index contributed by atoms with van der Waals surface area (Å²) in [4.78, 5) is 11.6. The molecule has 0 bridgehead atoms. The van der Waals surface area contributed by atoms with E-state index in [1.54, 1.807) is 30.2 Å². The summed E-state index contributed by atoms with van der Waals surface area (Å²) in [5.41, 5.74) is 4.16. The van der Waals surface area contributed by atoms with Crippen LogP contribution in [0.3, 0.4) is 0 Å². The molecule has 8 heteroatoms. The van der Waals surface area contributed by atoms with Crippen LogP contribution in [-0.4, -0.2) is 33.0 Å². The first-order chi connectivity index (χ1) is 14.5. The van der Waals surface area contributed by atoms with Crippen LogP contribution in [0.4, 0.5) is 0 Å². The number of aryl methyl sites for hydroxylation is 1. The molecule has 0 fully saturated rings. The van der Waals surface area contributed by atoms with Crippen molar-refractivity contribution in [2.24, 2.45) is 7.05 Å². The molecule has 2 heterocycles. The lowest BCUT2D eigenvalue weighted by Crippen LogP contribution is -2.00. The zero-order chi connectivity index (χ0) is 21.1. The quantitative estimate of drug-likeness (QED) is 0.328. The Labute approximate surface area is 178 Å². The average Bonchev–Trinajstić information content (AvgIpc) is 3.43. The van der Waals surface area contributed by atoms with Crippen LogP contribution in [0.15, 0.2) is 70.6 Å². The Balaban J connectivity index is 1.54. The zero-order valence-corrected chi connectivity index (χ0v) is 17.6. The topological polar surface area (TPSA) is 83.0 Å². The van der Waals surface area contributed by atoms with Crippen LogP contribution >= 0.6 is 11.8 Å². The third-order valence-corrected chi connectivity index (χ3v) is 5.91. The maximum absolute atomic E-state index is 11.6. The second-order valence-corrected chi connectivity index (χ2v) is 8.06. The molecule has 0 amide bonds. The van der Waals surface area contributed by atoms with Crippen LogP contribution in [0.25, 0.3) is 22.6 Å². The highest BCUT2D eigenvalue weighted by molar-refractivity contribution is 7.99. The lowest BCUT2D eigenvalue weighted by atomic mass is 10.1. The molecule has 0 saturated carbocycles. The summed E-state index contributed by atoms with van der Waals surface area (Å²) in [5.74, 6) is 0.312. The standard InChI is InChI=1S/C22H20N4O3S/c1-14(30-22-24-23-13-26(22)2)17-5-4-6-18(11-17)20-12-19(25-29-20)15-7-9-16(10-8-15)21(27)28-3/h4-14H,1-3H3/t14-/m0/s1. The van der Waals surface area contributed by atoms with Gasteiger partial charge in [0.25, 0.3) is 0 Å². The predicted octanol–water partition coefficient (Wildman–Crippen LogP) is 4.78. The maximum atomic E-state index is 11.6. The van der Waals surface area contributed by atoms with Gasteiger partial charge in [-0.2, -0.15) is 0 Å². The van der Waals surface area contributed by atoms with Crippen LogP contribution in [-0.2, 0) is 11.8 Å². The number of carbonyl (C=O) groups excluding carboxylic acids is 1. The minimum Gasteiger partial charge on any atom is -0.465 e. The molecule has 0 unspecified atom stereocenters. The molecule has 4 rings (SSSR count). The normalized spacial score (nSPS) is 12.0. The zero-order valence-electron chi connectivity index (χ0n) is 16.8. The van der Waals surface area contributed by atoms with Gasteiger partial charge in [-0.1, -0.05) is 47.3 Å².